The molecule has 2 rings (SSSR count). The minimum absolute atomic E-state index is 0.0397. The van der Waals surface area contributed by atoms with Gasteiger partial charge in [-0.3, -0.25) is 4.79 Å². The van der Waals surface area contributed by atoms with E-state index in [-0.39, 0.29) is 5.91 Å². The highest BCUT2D eigenvalue weighted by Crippen LogP contribution is 2.25. The molecule has 0 saturated carbocycles. The fraction of sp³-hybridized carbons (Fsp3) is 0.357. The van der Waals surface area contributed by atoms with Gasteiger partial charge in [-0.1, -0.05) is 47.7 Å². The maximum atomic E-state index is 11.9. The van der Waals surface area contributed by atoms with Crippen LogP contribution in [0.1, 0.15) is 18.9 Å². The summed E-state index contributed by atoms with van der Waals surface area (Å²) in [5, 5.41) is 14.9. The predicted octanol–water partition coefficient (Wildman–Crippen LogP) is 3.40. The van der Waals surface area contributed by atoms with Gasteiger partial charge in [0.25, 0.3) is 0 Å². The molecule has 1 heterocycles. The number of benzene rings is 1. The number of nitrogens with zero attached hydrogens (tertiary/aromatic N) is 2. The summed E-state index contributed by atoms with van der Waals surface area (Å²) >= 11 is 2.87. The van der Waals surface area contributed by atoms with E-state index in [9.17, 15) is 4.79 Å². The molecule has 0 atom stereocenters. The van der Waals surface area contributed by atoms with Crippen LogP contribution in [0, 0.1) is 6.92 Å². The van der Waals surface area contributed by atoms with Crippen LogP contribution in [0.3, 0.4) is 0 Å². The lowest BCUT2D eigenvalue weighted by atomic mass is 10.2. The minimum Gasteiger partial charge on any atom is -0.360 e. The Hall–Kier alpha value is -1.60. The number of anilines is 2. The summed E-state index contributed by atoms with van der Waals surface area (Å²) in [6.07, 6.45) is 1.04. The van der Waals surface area contributed by atoms with Crippen LogP contribution in [0.5, 0.6) is 0 Å². The second kappa shape index (κ2) is 7.99. The van der Waals surface area contributed by atoms with Crippen molar-refractivity contribution in [1.82, 2.24) is 10.2 Å². The Labute approximate surface area is 132 Å². The van der Waals surface area contributed by atoms with E-state index in [1.807, 2.05) is 31.2 Å². The van der Waals surface area contributed by atoms with Crippen LogP contribution < -0.4 is 10.6 Å². The number of aryl methyl sites for hydroxylation is 1. The lowest BCUT2D eigenvalue weighted by molar-refractivity contribution is -0.113. The Bertz CT molecular complexity index is 583. The molecule has 21 heavy (non-hydrogen) atoms. The first-order chi connectivity index (χ1) is 10.2. The molecule has 1 amide bonds. The van der Waals surface area contributed by atoms with Crippen molar-refractivity contribution in [1.29, 1.82) is 0 Å². The molecule has 5 nitrogen and oxygen atoms in total. The van der Waals surface area contributed by atoms with Crippen LogP contribution in [-0.2, 0) is 4.79 Å². The van der Waals surface area contributed by atoms with E-state index in [0.29, 0.717) is 5.75 Å². The molecule has 7 heteroatoms. The maximum absolute atomic E-state index is 11.9. The number of thioether (sulfide) groups is 1. The topological polar surface area (TPSA) is 66.9 Å². The summed E-state index contributed by atoms with van der Waals surface area (Å²) in [7, 11) is 0. The average Bonchev–Trinajstić information content (AvgIpc) is 2.93. The number of carbonyl (C=O) groups excluding carboxylic acids is 1. The molecular weight excluding hydrogens is 304 g/mol. The lowest BCUT2D eigenvalue weighted by Gasteiger charge is -2.04. The van der Waals surface area contributed by atoms with Gasteiger partial charge in [0, 0.05) is 12.2 Å². The first-order valence-electron chi connectivity index (χ1n) is 6.74. The molecule has 2 N–H and O–H groups in total. The van der Waals surface area contributed by atoms with E-state index in [1.54, 1.807) is 0 Å². The van der Waals surface area contributed by atoms with Crippen LogP contribution in [0.25, 0.3) is 0 Å². The zero-order chi connectivity index (χ0) is 15.1. The normalized spacial score (nSPS) is 10.4. The highest BCUT2D eigenvalue weighted by molar-refractivity contribution is 8.01. The fourth-order valence-electron chi connectivity index (χ4n) is 1.53. The van der Waals surface area contributed by atoms with Crippen molar-refractivity contribution in [2.24, 2.45) is 0 Å². The monoisotopic (exact) mass is 322 g/mol. The number of hydrogen-bond acceptors (Lipinski definition) is 6. The Morgan fingerprint density at radius 3 is 2.76 bits per heavy atom. The van der Waals surface area contributed by atoms with E-state index in [1.165, 1.54) is 28.7 Å². The second-order valence-electron chi connectivity index (χ2n) is 4.50. The molecule has 0 radical (unpaired) electrons. The van der Waals surface area contributed by atoms with Gasteiger partial charge in [-0.2, -0.15) is 0 Å². The van der Waals surface area contributed by atoms with Gasteiger partial charge >= 0.3 is 0 Å². The van der Waals surface area contributed by atoms with Crippen LogP contribution in [-0.4, -0.2) is 28.4 Å². The summed E-state index contributed by atoms with van der Waals surface area (Å²) < 4.78 is 0.799. The van der Waals surface area contributed by atoms with Crippen molar-refractivity contribution in [2.45, 2.75) is 24.6 Å². The minimum atomic E-state index is -0.0397. The molecular formula is C14H18N4OS2. The standard InChI is InChI=1S/C14H18N4OS2/c1-3-8-15-13-17-18-14(21-13)20-9-12(19)16-11-6-4-10(2)5-7-11/h4-7H,3,8-9H2,1-2H3,(H,15,17)(H,16,19). The van der Waals surface area contributed by atoms with Gasteiger partial charge in [0.2, 0.25) is 11.0 Å². The number of carbonyl (C=O) groups is 1. The highest BCUT2D eigenvalue weighted by atomic mass is 32.2. The van der Waals surface area contributed by atoms with Crippen LogP contribution in [0.15, 0.2) is 28.6 Å². The van der Waals surface area contributed by atoms with Gasteiger partial charge in [0.05, 0.1) is 5.75 Å². The molecule has 112 valence electrons. The van der Waals surface area contributed by atoms with Gasteiger partial charge in [0.15, 0.2) is 4.34 Å². The molecule has 0 fully saturated rings. The third-order valence-electron chi connectivity index (χ3n) is 2.59. The van der Waals surface area contributed by atoms with Crippen LogP contribution in [0.2, 0.25) is 0 Å². The van der Waals surface area contributed by atoms with Crippen molar-refractivity contribution in [3.63, 3.8) is 0 Å². The van der Waals surface area contributed by atoms with Crippen LogP contribution >= 0.6 is 23.1 Å². The summed E-state index contributed by atoms with van der Waals surface area (Å²) in [5.41, 5.74) is 1.98. The molecule has 1 aromatic carbocycles. The molecule has 0 spiro atoms. The molecule has 1 aromatic heterocycles. The zero-order valence-electron chi connectivity index (χ0n) is 12.0. The lowest BCUT2D eigenvalue weighted by Crippen LogP contribution is -2.13. The average molecular weight is 322 g/mol. The van der Waals surface area contributed by atoms with E-state index in [4.69, 9.17) is 0 Å². The molecule has 0 aliphatic rings. The van der Waals surface area contributed by atoms with Gasteiger partial charge in [0.1, 0.15) is 0 Å². The Kier molecular flexibility index (Phi) is 6.01. The summed E-state index contributed by atoms with van der Waals surface area (Å²) in [6.45, 7) is 4.99. The summed E-state index contributed by atoms with van der Waals surface area (Å²) in [5.74, 6) is 0.290. The second-order valence-corrected chi connectivity index (χ2v) is 6.70. The van der Waals surface area contributed by atoms with Crippen molar-refractivity contribution < 1.29 is 4.79 Å². The summed E-state index contributed by atoms with van der Waals surface area (Å²) in [4.78, 5) is 11.9. The van der Waals surface area contributed by atoms with Crippen molar-refractivity contribution in [3.05, 3.63) is 29.8 Å². The van der Waals surface area contributed by atoms with Crippen molar-refractivity contribution in [2.75, 3.05) is 22.9 Å². The van der Waals surface area contributed by atoms with Gasteiger partial charge in [-0.15, -0.1) is 10.2 Å². The number of aromatic nitrogens is 2. The molecule has 0 aliphatic carbocycles. The zero-order valence-corrected chi connectivity index (χ0v) is 13.7. The predicted molar refractivity (Wildman–Crippen MR) is 89.2 cm³/mol. The molecule has 0 saturated heterocycles. The van der Waals surface area contributed by atoms with Gasteiger partial charge in [-0.25, -0.2) is 0 Å². The van der Waals surface area contributed by atoms with E-state index in [0.717, 1.165) is 28.1 Å². The first kappa shape index (κ1) is 15.8. The van der Waals surface area contributed by atoms with Gasteiger partial charge in [-0.05, 0) is 25.5 Å². The summed E-state index contributed by atoms with van der Waals surface area (Å²) in [6, 6.07) is 7.74. The Balaban J connectivity index is 1.78. The Morgan fingerprint density at radius 1 is 1.29 bits per heavy atom. The number of hydrogen-bond donors (Lipinski definition) is 2. The fourth-order valence-corrected chi connectivity index (χ4v) is 3.11. The smallest absolute Gasteiger partial charge is 0.234 e. The van der Waals surface area contributed by atoms with E-state index < -0.39 is 0 Å². The van der Waals surface area contributed by atoms with Crippen molar-refractivity contribution in [3.8, 4) is 0 Å². The quantitative estimate of drug-likeness (QED) is 0.765. The first-order valence-corrected chi connectivity index (χ1v) is 8.54. The third-order valence-corrected chi connectivity index (χ3v) is 4.61. The molecule has 0 bridgehead atoms. The molecule has 0 unspecified atom stereocenters. The molecule has 2 aromatic rings. The van der Waals surface area contributed by atoms with Gasteiger partial charge < -0.3 is 10.6 Å². The number of rotatable bonds is 7. The van der Waals surface area contributed by atoms with E-state index in [2.05, 4.69) is 27.8 Å². The molecule has 0 aliphatic heterocycles. The SMILES string of the molecule is CCCNc1nnc(SCC(=O)Nc2ccc(C)cc2)s1. The maximum Gasteiger partial charge on any atom is 0.234 e. The van der Waals surface area contributed by atoms with E-state index >= 15 is 0 Å². The highest BCUT2D eigenvalue weighted by Gasteiger charge is 2.08. The number of amides is 1. The number of nitrogens with one attached hydrogen (secondary N) is 2. The van der Waals surface area contributed by atoms with Crippen molar-refractivity contribution >= 4 is 39.8 Å². The third kappa shape index (κ3) is 5.35. The largest absolute Gasteiger partial charge is 0.360 e. The Morgan fingerprint density at radius 2 is 2.05 bits per heavy atom. The van der Waals surface area contributed by atoms with Crippen LogP contribution in [0.4, 0.5) is 10.8 Å².